The fraction of sp³-hybridized carbons (Fsp3) is 0.417. The molecule has 1 amide bonds. The Balaban J connectivity index is 2.20. The normalized spacial score (nSPS) is 24.2. The number of carbonyl (C=O) groups is 1. The smallest absolute Gasteiger partial charge is 0.232 e. The van der Waals surface area contributed by atoms with Crippen LogP contribution in [0.3, 0.4) is 0 Å². The Morgan fingerprint density at radius 3 is 2.50 bits per heavy atom. The van der Waals surface area contributed by atoms with E-state index in [1.165, 1.54) is 0 Å². The molecule has 1 fully saturated rings. The summed E-state index contributed by atoms with van der Waals surface area (Å²) < 4.78 is 5.05. The zero-order valence-corrected chi connectivity index (χ0v) is 9.38. The monoisotopic (exact) mass is 221 g/mol. The van der Waals surface area contributed by atoms with E-state index in [9.17, 15) is 9.90 Å². The number of amides is 1. The SMILES string of the molecule is COc1ccc(N2C(=O)[C@@H](C)[C@H]2CO)cc1. The molecule has 0 aromatic heterocycles. The van der Waals surface area contributed by atoms with Crippen LogP contribution in [0.5, 0.6) is 5.75 Å². The van der Waals surface area contributed by atoms with E-state index in [0.717, 1.165) is 11.4 Å². The third kappa shape index (κ3) is 1.55. The Labute approximate surface area is 94.4 Å². The van der Waals surface area contributed by atoms with Crippen molar-refractivity contribution in [1.29, 1.82) is 0 Å². The lowest BCUT2D eigenvalue weighted by molar-refractivity contribution is -0.130. The average molecular weight is 221 g/mol. The van der Waals surface area contributed by atoms with Crippen LogP contribution >= 0.6 is 0 Å². The van der Waals surface area contributed by atoms with Gasteiger partial charge < -0.3 is 14.7 Å². The molecule has 1 saturated heterocycles. The first-order valence-electron chi connectivity index (χ1n) is 5.27. The minimum absolute atomic E-state index is 0.00106. The number of benzene rings is 1. The van der Waals surface area contributed by atoms with Gasteiger partial charge in [-0.2, -0.15) is 0 Å². The van der Waals surface area contributed by atoms with Crippen molar-refractivity contribution in [2.24, 2.45) is 5.92 Å². The average Bonchev–Trinajstić information content (AvgIpc) is 2.34. The number of hydrogen-bond acceptors (Lipinski definition) is 3. The molecule has 4 heteroatoms. The summed E-state index contributed by atoms with van der Waals surface area (Å²) in [6.45, 7) is 1.84. The molecule has 4 nitrogen and oxygen atoms in total. The minimum atomic E-state index is -0.0964. The van der Waals surface area contributed by atoms with Crippen LogP contribution in [-0.2, 0) is 4.79 Å². The molecule has 0 saturated carbocycles. The summed E-state index contributed by atoms with van der Waals surface area (Å²) in [5.41, 5.74) is 0.808. The highest BCUT2D eigenvalue weighted by Crippen LogP contribution is 2.32. The van der Waals surface area contributed by atoms with E-state index in [0.29, 0.717) is 0 Å². The minimum Gasteiger partial charge on any atom is -0.497 e. The van der Waals surface area contributed by atoms with Gasteiger partial charge in [-0.15, -0.1) is 0 Å². The predicted octanol–water partition coefficient (Wildman–Crippen LogP) is 1.04. The summed E-state index contributed by atoms with van der Waals surface area (Å²) in [5, 5.41) is 9.19. The van der Waals surface area contributed by atoms with Gasteiger partial charge in [0.25, 0.3) is 0 Å². The zero-order chi connectivity index (χ0) is 11.7. The van der Waals surface area contributed by atoms with Gasteiger partial charge in [-0.05, 0) is 24.3 Å². The number of rotatable bonds is 3. The molecule has 1 aromatic carbocycles. The standard InChI is InChI=1S/C12H15NO3/c1-8-11(7-14)13(12(8)15)9-3-5-10(16-2)6-4-9/h3-6,8,11,14H,7H2,1-2H3/t8-,11+/m0/s1. The van der Waals surface area contributed by atoms with Crippen LogP contribution in [0.25, 0.3) is 0 Å². The number of carbonyl (C=O) groups excluding carboxylic acids is 1. The van der Waals surface area contributed by atoms with Crippen molar-refractivity contribution in [3.05, 3.63) is 24.3 Å². The van der Waals surface area contributed by atoms with Crippen molar-refractivity contribution >= 4 is 11.6 Å². The third-order valence-electron chi connectivity index (χ3n) is 3.07. The zero-order valence-electron chi connectivity index (χ0n) is 9.38. The highest BCUT2D eigenvalue weighted by molar-refractivity contribution is 6.02. The molecule has 0 radical (unpaired) electrons. The molecule has 0 aliphatic carbocycles. The molecule has 0 unspecified atom stereocenters. The molecular formula is C12H15NO3. The van der Waals surface area contributed by atoms with E-state index in [1.807, 2.05) is 19.1 Å². The van der Waals surface area contributed by atoms with E-state index in [-0.39, 0.29) is 24.5 Å². The molecule has 16 heavy (non-hydrogen) atoms. The lowest BCUT2D eigenvalue weighted by Crippen LogP contribution is -2.61. The van der Waals surface area contributed by atoms with E-state index >= 15 is 0 Å². The molecule has 2 atom stereocenters. The second kappa shape index (κ2) is 4.14. The van der Waals surface area contributed by atoms with Gasteiger partial charge in [0.1, 0.15) is 5.75 Å². The van der Waals surface area contributed by atoms with Crippen molar-refractivity contribution in [2.45, 2.75) is 13.0 Å². The Morgan fingerprint density at radius 2 is 2.00 bits per heavy atom. The van der Waals surface area contributed by atoms with E-state index in [4.69, 9.17) is 4.74 Å². The van der Waals surface area contributed by atoms with Gasteiger partial charge in [0.05, 0.1) is 25.7 Å². The molecule has 1 N–H and O–H groups in total. The van der Waals surface area contributed by atoms with E-state index in [2.05, 4.69) is 0 Å². The number of aliphatic hydroxyl groups excluding tert-OH is 1. The fourth-order valence-corrected chi connectivity index (χ4v) is 1.99. The van der Waals surface area contributed by atoms with Gasteiger partial charge in [0.15, 0.2) is 0 Å². The molecule has 2 rings (SSSR count). The first kappa shape index (κ1) is 11.0. The lowest BCUT2D eigenvalue weighted by atomic mass is 9.89. The van der Waals surface area contributed by atoms with Gasteiger partial charge in [-0.1, -0.05) is 6.92 Å². The molecule has 0 bridgehead atoms. The number of anilines is 1. The summed E-state index contributed by atoms with van der Waals surface area (Å²) in [7, 11) is 1.60. The van der Waals surface area contributed by atoms with Gasteiger partial charge in [0.2, 0.25) is 5.91 Å². The Bertz CT molecular complexity index is 388. The van der Waals surface area contributed by atoms with Crippen LogP contribution < -0.4 is 9.64 Å². The first-order chi connectivity index (χ1) is 7.69. The van der Waals surface area contributed by atoms with E-state index in [1.54, 1.807) is 24.1 Å². The van der Waals surface area contributed by atoms with Gasteiger partial charge in [0, 0.05) is 5.69 Å². The highest BCUT2D eigenvalue weighted by Gasteiger charge is 2.44. The third-order valence-corrected chi connectivity index (χ3v) is 3.07. The van der Waals surface area contributed by atoms with Crippen molar-refractivity contribution in [3.8, 4) is 5.75 Å². The lowest BCUT2D eigenvalue weighted by Gasteiger charge is -2.44. The maximum atomic E-state index is 11.7. The van der Waals surface area contributed by atoms with Crippen LogP contribution in [0.15, 0.2) is 24.3 Å². The summed E-state index contributed by atoms with van der Waals surface area (Å²) >= 11 is 0. The number of hydrogen-bond donors (Lipinski definition) is 1. The van der Waals surface area contributed by atoms with Crippen molar-refractivity contribution in [3.63, 3.8) is 0 Å². The topological polar surface area (TPSA) is 49.8 Å². The summed E-state index contributed by atoms with van der Waals surface area (Å²) in [4.78, 5) is 13.3. The van der Waals surface area contributed by atoms with Crippen LogP contribution in [0.2, 0.25) is 0 Å². The molecule has 1 aromatic rings. The second-order valence-corrected chi connectivity index (χ2v) is 3.94. The van der Waals surface area contributed by atoms with Crippen molar-refractivity contribution in [2.75, 3.05) is 18.6 Å². The predicted molar refractivity (Wildman–Crippen MR) is 60.5 cm³/mol. The quantitative estimate of drug-likeness (QED) is 0.776. The molecular weight excluding hydrogens is 206 g/mol. The first-order valence-corrected chi connectivity index (χ1v) is 5.27. The Morgan fingerprint density at radius 1 is 1.38 bits per heavy atom. The van der Waals surface area contributed by atoms with Gasteiger partial charge in [-0.3, -0.25) is 4.79 Å². The van der Waals surface area contributed by atoms with Crippen LogP contribution in [0.4, 0.5) is 5.69 Å². The van der Waals surface area contributed by atoms with Crippen LogP contribution in [0, 0.1) is 5.92 Å². The summed E-state index contributed by atoms with van der Waals surface area (Å²) in [6.07, 6.45) is 0. The fourth-order valence-electron chi connectivity index (χ4n) is 1.99. The maximum absolute atomic E-state index is 11.7. The number of aliphatic hydroxyl groups is 1. The van der Waals surface area contributed by atoms with Crippen LogP contribution in [0.1, 0.15) is 6.92 Å². The molecule has 1 aliphatic heterocycles. The molecule has 0 spiro atoms. The largest absolute Gasteiger partial charge is 0.497 e. The van der Waals surface area contributed by atoms with Crippen molar-refractivity contribution < 1.29 is 14.6 Å². The highest BCUT2D eigenvalue weighted by atomic mass is 16.5. The number of ether oxygens (including phenoxy) is 1. The van der Waals surface area contributed by atoms with E-state index < -0.39 is 0 Å². The summed E-state index contributed by atoms with van der Waals surface area (Å²) in [6, 6.07) is 7.16. The second-order valence-electron chi connectivity index (χ2n) is 3.94. The molecule has 1 heterocycles. The number of methoxy groups -OCH3 is 1. The maximum Gasteiger partial charge on any atom is 0.232 e. The molecule has 1 aliphatic rings. The summed E-state index contributed by atoms with van der Waals surface area (Å²) in [5.74, 6) is 0.724. The van der Waals surface area contributed by atoms with Crippen molar-refractivity contribution in [1.82, 2.24) is 0 Å². The number of nitrogens with zero attached hydrogens (tertiary/aromatic N) is 1. The molecule has 86 valence electrons. The Hall–Kier alpha value is -1.55. The van der Waals surface area contributed by atoms with Gasteiger partial charge >= 0.3 is 0 Å². The van der Waals surface area contributed by atoms with Gasteiger partial charge in [-0.25, -0.2) is 0 Å². The Kier molecular flexibility index (Phi) is 2.83. The van der Waals surface area contributed by atoms with Crippen LogP contribution in [-0.4, -0.2) is 30.8 Å². The number of β-lactam (4-membered cyclic amide) rings is 1.